The Morgan fingerprint density at radius 2 is 2.00 bits per heavy atom. The topological polar surface area (TPSA) is 75.6 Å². The highest BCUT2D eigenvalue weighted by atomic mass is 32.2. The van der Waals surface area contributed by atoms with Crippen LogP contribution in [0.3, 0.4) is 0 Å². The minimum Gasteiger partial charge on any atom is -0.493 e. The summed E-state index contributed by atoms with van der Waals surface area (Å²) in [5.74, 6) is 1.06. The molecule has 6 heteroatoms. The number of hydrogen-bond donors (Lipinski definition) is 2. The lowest BCUT2D eigenvalue weighted by Gasteiger charge is -2.33. The predicted molar refractivity (Wildman–Crippen MR) is 91.1 cm³/mol. The molecule has 1 heterocycles. The highest BCUT2D eigenvalue weighted by Gasteiger charge is 2.41. The van der Waals surface area contributed by atoms with Crippen molar-refractivity contribution in [2.45, 2.75) is 38.6 Å². The maximum Gasteiger partial charge on any atom is 0.329 e. The number of carboxylic acid groups (broad SMARTS) is 1. The van der Waals surface area contributed by atoms with Crippen LogP contribution in [0.5, 0.6) is 5.75 Å². The summed E-state index contributed by atoms with van der Waals surface area (Å²) in [4.78, 5) is 23.6. The van der Waals surface area contributed by atoms with Gasteiger partial charge in [-0.3, -0.25) is 4.79 Å². The molecule has 0 aliphatic carbocycles. The van der Waals surface area contributed by atoms with Crippen LogP contribution in [0.25, 0.3) is 0 Å². The van der Waals surface area contributed by atoms with Gasteiger partial charge in [0.1, 0.15) is 11.3 Å². The summed E-state index contributed by atoms with van der Waals surface area (Å²) < 4.78 is 5.66. The van der Waals surface area contributed by atoms with Crippen molar-refractivity contribution in [3.05, 3.63) is 29.3 Å². The number of amides is 1. The molecule has 1 saturated heterocycles. The Morgan fingerprint density at radius 3 is 2.65 bits per heavy atom. The summed E-state index contributed by atoms with van der Waals surface area (Å²) in [5, 5.41) is 12.2. The standard InChI is InChI=1S/C17H23NO4S/c1-12-3-4-13(2)14(11-12)22-8-5-15(19)18-17(16(20)21)6-9-23-10-7-17/h3-4,11H,5-10H2,1-2H3,(H,18,19)(H,20,21). The number of carbonyl (C=O) groups is 2. The number of nitrogens with one attached hydrogen (secondary N) is 1. The van der Waals surface area contributed by atoms with Gasteiger partial charge in [0.2, 0.25) is 5.91 Å². The molecule has 0 radical (unpaired) electrons. The van der Waals surface area contributed by atoms with Crippen LogP contribution in [0, 0.1) is 13.8 Å². The number of carboxylic acids is 1. The monoisotopic (exact) mass is 337 g/mol. The normalized spacial score (nSPS) is 16.6. The van der Waals surface area contributed by atoms with Crippen LogP contribution >= 0.6 is 11.8 Å². The average Bonchev–Trinajstić information content (AvgIpc) is 2.51. The zero-order valence-electron chi connectivity index (χ0n) is 13.6. The molecule has 23 heavy (non-hydrogen) atoms. The molecule has 126 valence electrons. The van der Waals surface area contributed by atoms with E-state index >= 15 is 0 Å². The Balaban J connectivity index is 1.87. The van der Waals surface area contributed by atoms with Gasteiger partial charge in [-0.1, -0.05) is 12.1 Å². The van der Waals surface area contributed by atoms with E-state index in [0.717, 1.165) is 28.4 Å². The van der Waals surface area contributed by atoms with Crippen LogP contribution in [0.4, 0.5) is 0 Å². The highest BCUT2D eigenvalue weighted by molar-refractivity contribution is 7.99. The fraction of sp³-hybridized carbons (Fsp3) is 0.529. The van der Waals surface area contributed by atoms with Crippen molar-refractivity contribution >= 4 is 23.6 Å². The van der Waals surface area contributed by atoms with Gasteiger partial charge in [-0.2, -0.15) is 11.8 Å². The largest absolute Gasteiger partial charge is 0.493 e. The third-order valence-electron chi connectivity index (χ3n) is 4.06. The molecule has 2 N–H and O–H groups in total. The Labute approximate surface area is 140 Å². The molecule has 0 aromatic heterocycles. The van der Waals surface area contributed by atoms with Gasteiger partial charge >= 0.3 is 5.97 Å². The molecule has 1 aliphatic rings. The number of aliphatic carboxylic acids is 1. The number of ether oxygens (including phenoxy) is 1. The van der Waals surface area contributed by atoms with E-state index in [1.807, 2.05) is 32.0 Å². The minimum atomic E-state index is -1.11. The van der Waals surface area contributed by atoms with Gasteiger partial charge in [-0.25, -0.2) is 4.79 Å². The van der Waals surface area contributed by atoms with Gasteiger partial charge in [-0.15, -0.1) is 0 Å². The van der Waals surface area contributed by atoms with Crippen molar-refractivity contribution < 1.29 is 19.4 Å². The van der Waals surface area contributed by atoms with Crippen LogP contribution in [-0.4, -0.2) is 40.6 Å². The second kappa shape index (κ2) is 7.73. The fourth-order valence-corrected chi connectivity index (χ4v) is 3.75. The molecule has 1 amide bonds. The van der Waals surface area contributed by atoms with Gasteiger partial charge in [0.25, 0.3) is 0 Å². The number of rotatable bonds is 6. The summed E-state index contributed by atoms with van der Waals surface area (Å²) in [5.41, 5.74) is 1.00. The van der Waals surface area contributed by atoms with Gasteiger partial charge in [0, 0.05) is 0 Å². The molecular weight excluding hydrogens is 314 g/mol. The first-order chi connectivity index (χ1) is 10.9. The number of hydrogen-bond acceptors (Lipinski definition) is 4. The Morgan fingerprint density at radius 1 is 1.30 bits per heavy atom. The smallest absolute Gasteiger partial charge is 0.329 e. The lowest BCUT2D eigenvalue weighted by atomic mass is 9.92. The third-order valence-corrected chi connectivity index (χ3v) is 5.05. The van der Waals surface area contributed by atoms with Crippen molar-refractivity contribution in [3.63, 3.8) is 0 Å². The van der Waals surface area contributed by atoms with E-state index in [2.05, 4.69) is 5.32 Å². The molecule has 1 aromatic carbocycles. The second-order valence-electron chi connectivity index (χ2n) is 5.92. The van der Waals surface area contributed by atoms with Gasteiger partial charge in [-0.05, 0) is 55.4 Å². The molecule has 2 rings (SSSR count). The van der Waals surface area contributed by atoms with E-state index in [1.54, 1.807) is 11.8 Å². The van der Waals surface area contributed by atoms with Crippen LogP contribution in [0.15, 0.2) is 18.2 Å². The predicted octanol–water partition coefficient (Wildman–Crippen LogP) is 2.54. The first-order valence-electron chi connectivity index (χ1n) is 7.75. The Bertz CT molecular complexity index is 582. The van der Waals surface area contributed by atoms with E-state index in [0.29, 0.717) is 12.8 Å². The van der Waals surface area contributed by atoms with E-state index in [-0.39, 0.29) is 18.9 Å². The zero-order valence-corrected chi connectivity index (χ0v) is 14.4. The molecule has 1 aromatic rings. The molecule has 5 nitrogen and oxygen atoms in total. The second-order valence-corrected chi connectivity index (χ2v) is 7.14. The summed E-state index contributed by atoms with van der Waals surface area (Å²) in [6.45, 7) is 4.17. The van der Waals surface area contributed by atoms with Gasteiger partial charge < -0.3 is 15.2 Å². The van der Waals surface area contributed by atoms with Crippen molar-refractivity contribution in [1.82, 2.24) is 5.32 Å². The van der Waals surface area contributed by atoms with Crippen LogP contribution < -0.4 is 10.1 Å². The van der Waals surface area contributed by atoms with Crippen LogP contribution in [0.2, 0.25) is 0 Å². The molecule has 1 aliphatic heterocycles. The number of benzene rings is 1. The molecule has 1 fully saturated rings. The number of carbonyl (C=O) groups excluding carboxylic acids is 1. The van der Waals surface area contributed by atoms with Crippen molar-refractivity contribution in [1.29, 1.82) is 0 Å². The first kappa shape index (κ1) is 17.7. The van der Waals surface area contributed by atoms with E-state index in [1.165, 1.54) is 0 Å². The summed E-state index contributed by atoms with van der Waals surface area (Å²) >= 11 is 1.72. The van der Waals surface area contributed by atoms with Crippen LogP contribution in [0.1, 0.15) is 30.4 Å². The van der Waals surface area contributed by atoms with Gasteiger partial charge in [0.15, 0.2) is 0 Å². The van der Waals surface area contributed by atoms with Crippen molar-refractivity contribution in [2.24, 2.45) is 0 Å². The third kappa shape index (κ3) is 4.64. The van der Waals surface area contributed by atoms with Crippen LogP contribution in [-0.2, 0) is 9.59 Å². The molecule has 0 unspecified atom stereocenters. The van der Waals surface area contributed by atoms with Gasteiger partial charge in [0.05, 0.1) is 13.0 Å². The Hall–Kier alpha value is -1.69. The fourth-order valence-electron chi connectivity index (χ4n) is 2.56. The maximum absolute atomic E-state index is 12.1. The molecular formula is C17H23NO4S. The van der Waals surface area contributed by atoms with Crippen molar-refractivity contribution in [2.75, 3.05) is 18.1 Å². The molecule has 0 spiro atoms. The molecule has 0 saturated carbocycles. The van der Waals surface area contributed by atoms with Crippen molar-refractivity contribution in [3.8, 4) is 5.75 Å². The number of aryl methyl sites for hydroxylation is 2. The quantitative estimate of drug-likeness (QED) is 0.834. The average molecular weight is 337 g/mol. The molecule has 0 atom stereocenters. The maximum atomic E-state index is 12.1. The molecule has 0 bridgehead atoms. The summed E-state index contributed by atoms with van der Waals surface area (Å²) in [6.07, 6.45) is 1.09. The SMILES string of the molecule is Cc1ccc(C)c(OCCC(=O)NC2(C(=O)O)CCSCC2)c1. The number of thioether (sulfide) groups is 1. The Kier molecular flexibility index (Phi) is 5.93. The lowest BCUT2D eigenvalue weighted by molar-refractivity contribution is -0.148. The minimum absolute atomic E-state index is 0.148. The van der Waals surface area contributed by atoms with E-state index in [4.69, 9.17) is 4.74 Å². The zero-order chi connectivity index (χ0) is 16.9. The van der Waals surface area contributed by atoms with E-state index < -0.39 is 11.5 Å². The summed E-state index contributed by atoms with van der Waals surface area (Å²) in [6, 6.07) is 5.92. The first-order valence-corrected chi connectivity index (χ1v) is 8.91. The lowest BCUT2D eigenvalue weighted by Crippen LogP contribution is -2.56. The van der Waals surface area contributed by atoms with E-state index in [9.17, 15) is 14.7 Å². The highest BCUT2D eigenvalue weighted by Crippen LogP contribution is 2.27. The summed E-state index contributed by atoms with van der Waals surface area (Å²) in [7, 11) is 0.